The van der Waals surface area contributed by atoms with E-state index in [0.29, 0.717) is 48.8 Å². The summed E-state index contributed by atoms with van der Waals surface area (Å²) in [4.78, 5) is 128. The van der Waals surface area contributed by atoms with E-state index in [9.17, 15) is 53.4 Å². The van der Waals surface area contributed by atoms with E-state index in [1.807, 2.05) is 0 Å². The van der Waals surface area contributed by atoms with Crippen LogP contribution >= 0.6 is 0 Å². The summed E-state index contributed by atoms with van der Waals surface area (Å²) < 4.78 is 3.58. The first-order valence-electron chi connectivity index (χ1n) is 23.5. The third kappa shape index (κ3) is 16.1. The minimum atomic E-state index is -1.60. The summed E-state index contributed by atoms with van der Waals surface area (Å²) in [6.45, 7) is 1.58. The van der Waals surface area contributed by atoms with Crippen LogP contribution in [-0.2, 0) is 46.7 Å². The third-order valence-corrected chi connectivity index (χ3v) is 11.2. The van der Waals surface area contributed by atoms with Gasteiger partial charge in [0, 0.05) is 98.8 Å². The molecule has 4 aromatic heterocycles. The zero-order valence-electron chi connectivity index (χ0n) is 40.1. The molecule has 392 valence electrons. The van der Waals surface area contributed by atoms with Crippen molar-refractivity contribution >= 4 is 87.0 Å². The van der Waals surface area contributed by atoms with Crippen LogP contribution in [0.15, 0.2) is 73.6 Å². The maximum absolute atomic E-state index is 13.1. The molecule has 74 heavy (non-hydrogen) atoms. The zero-order chi connectivity index (χ0) is 53.0. The topological polar surface area (TPSA) is 395 Å². The van der Waals surface area contributed by atoms with Gasteiger partial charge in [-0.05, 0) is 55.7 Å². The van der Waals surface area contributed by atoms with Gasteiger partial charge in [-0.1, -0.05) is 6.92 Å². The van der Waals surface area contributed by atoms with Gasteiger partial charge in [-0.3, -0.25) is 42.9 Å². The molecule has 28 nitrogen and oxygen atoms in total. The number of benzene rings is 2. The lowest BCUT2D eigenvalue weighted by atomic mass is 10.1. The Kier molecular flexibility index (Phi) is 19.5. The maximum Gasteiger partial charge on any atom is 0.328 e. The highest BCUT2D eigenvalue weighted by molar-refractivity contribution is 5.99. The molecule has 0 saturated carbocycles. The number of aromatic amines is 2. The van der Waals surface area contributed by atoms with Crippen molar-refractivity contribution in [3.05, 3.63) is 84.7 Å². The van der Waals surface area contributed by atoms with Crippen LogP contribution in [0, 0.1) is 0 Å². The number of nitrogens with one attached hydrogen (secondary N) is 11. The van der Waals surface area contributed by atoms with Crippen molar-refractivity contribution in [2.75, 3.05) is 49.9 Å². The van der Waals surface area contributed by atoms with E-state index in [1.165, 1.54) is 6.92 Å². The molecule has 6 aromatic rings. The van der Waals surface area contributed by atoms with Crippen LogP contribution in [0.1, 0.15) is 59.7 Å². The molecule has 13 N–H and O–H groups in total. The molecule has 7 amide bonds. The van der Waals surface area contributed by atoms with Gasteiger partial charge in [-0.2, -0.15) is 10.2 Å². The summed E-state index contributed by atoms with van der Waals surface area (Å²) in [5, 5.41) is 52.4. The number of aryl methyl sites for hydroxylation is 2. The second kappa shape index (κ2) is 26.7. The number of hydrogen-bond acceptors (Lipinski definition) is 15. The second-order valence-corrected chi connectivity index (χ2v) is 16.6. The van der Waals surface area contributed by atoms with E-state index < -0.39 is 104 Å². The smallest absolute Gasteiger partial charge is 0.328 e. The fraction of sp³-hybridized carbons (Fsp3) is 0.370. The first kappa shape index (κ1) is 54.0. The number of carboxylic acids is 2. The Labute approximate surface area is 421 Å². The van der Waals surface area contributed by atoms with E-state index in [4.69, 9.17) is 0 Å². The van der Waals surface area contributed by atoms with E-state index in [2.05, 4.69) is 78.0 Å². The lowest BCUT2D eigenvalue weighted by Gasteiger charge is -2.19. The molecule has 2 aromatic carbocycles. The van der Waals surface area contributed by atoms with Gasteiger partial charge in [0.05, 0.1) is 36.5 Å². The van der Waals surface area contributed by atoms with Crippen LogP contribution in [0.3, 0.4) is 0 Å². The Hall–Kier alpha value is -9.37. The summed E-state index contributed by atoms with van der Waals surface area (Å²) in [7, 11) is 0. The first-order valence-corrected chi connectivity index (χ1v) is 23.5. The molecule has 0 aliphatic rings. The number of rotatable bonds is 30. The maximum atomic E-state index is 13.1. The highest BCUT2D eigenvalue weighted by Crippen LogP contribution is 2.18. The van der Waals surface area contributed by atoms with Crippen LogP contribution in [0.5, 0.6) is 0 Å². The second-order valence-electron chi connectivity index (χ2n) is 16.6. The van der Waals surface area contributed by atoms with Crippen LogP contribution in [-0.4, -0.2) is 160 Å². The van der Waals surface area contributed by atoms with Gasteiger partial charge >= 0.3 is 11.9 Å². The first-order chi connectivity index (χ1) is 35.7. The van der Waals surface area contributed by atoms with Gasteiger partial charge in [0.2, 0.25) is 29.5 Å². The number of fused-ring (bicyclic) bond motifs is 2. The molecule has 4 heterocycles. The number of imidazole rings is 2. The summed E-state index contributed by atoms with van der Waals surface area (Å²) in [5.74, 6) is -6.88. The highest BCUT2D eigenvalue weighted by atomic mass is 16.4. The minimum absolute atomic E-state index is 0.0370. The quantitative estimate of drug-likeness (QED) is 0.0242. The summed E-state index contributed by atoms with van der Waals surface area (Å²) in [6.07, 6.45) is 10.7. The number of carbonyl (C=O) groups excluding carboxylic acids is 7. The van der Waals surface area contributed by atoms with Crippen molar-refractivity contribution in [2.24, 2.45) is 0 Å². The number of carbonyl (C=O) groups is 9. The van der Waals surface area contributed by atoms with Gasteiger partial charge in [0.15, 0.2) is 11.9 Å². The molecule has 3 atom stereocenters. The molecule has 0 saturated heterocycles. The predicted octanol–water partition coefficient (Wildman–Crippen LogP) is -0.957. The third-order valence-electron chi connectivity index (χ3n) is 11.2. The van der Waals surface area contributed by atoms with Crippen LogP contribution in [0.25, 0.3) is 21.8 Å². The van der Waals surface area contributed by atoms with Crippen molar-refractivity contribution in [2.45, 2.75) is 70.2 Å². The number of H-pyrrole nitrogens is 2. The van der Waals surface area contributed by atoms with Crippen molar-refractivity contribution in [3.63, 3.8) is 0 Å². The lowest BCUT2D eigenvalue weighted by molar-refractivity contribution is -0.142. The molecule has 0 aliphatic carbocycles. The van der Waals surface area contributed by atoms with Crippen molar-refractivity contribution in [3.8, 4) is 0 Å². The zero-order valence-corrected chi connectivity index (χ0v) is 40.1. The molecular weight excluding hydrogens is 967 g/mol. The molecule has 0 radical (unpaired) electrons. The lowest BCUT2D eigenvalue weighted by Crippen LogP contribution is -2.53. The average molecular weight is 1020 g/mol. The van der Waals surface area contributed by atoms with Gasteiger partial charge in [0.1, 0.15) is 18.1 Å². The standard InChI is InChI=1S/C46H57N17O11/c1-2-36(64)59-31(42(70)56-26-39(67)61-33(44(73)74)24-55-41(69)28-6-9-35-30(20-28)22-58-63(35)18-4-12-48-46-51-15-16-52-46)7-10-37(65)53-25-38(66)60-32(43(71)72)23-54-40(68)27-5-8-34-29(19-27)21-57-62(34)17-3-11-47-45-49-13-14-50-45/h5-6,8-9,13-16,19-22,31-33H,2-4,7,10-12,17-18,23-26H2,1H3,(H,53,65)(H,54,68)(H,55,69)(H,56,70)(H,59,64)(H,60,66)(H,61,67)(H,71,72)(H,73,74)(H2,47,49,50)(H2,48,51,52)/t31?,32-,33-/m0/s1. The van der Waals surface area contributed by atoms with Crippen LogP contribution < -0.4 is 47.9 Å². The molecule has 0 aliphatic heterocycles. The van der Waals surface area contributed by atoms with Gasteiger partial charge in [0.25, 0.3) is 11.8 Å². The Morgan fingerprint density at radius 3 is 1.51 bits per heavy atom. The Morgan fingerprint density at radius 2 is 1.07 bits per heavy atom. The van der Waals surface area contributed by atoms with E-state index in [0.717, 1.165) is 23.9 Å². The Balaban J connectivity index is 0.891. The largest absolute Gasteiger partial charge is 0.480 e. The highest BCUT2D eigenvalue weighted by Gasteiger charge is 2.26. The average Bonchev–Trinajstić information content (AvgIpc) is 4.25. The number of nitrogens with zero attached hydrogens (tertiary/aromatic N) is 6. The van der Waals surface area contributed by atoms with Crippen molar-refractivity contribution in [1.82, 2.24) is 76.7 Å². The number of hydrogen-bond donors (Lipinski definition) is 13. The van der Waals surface area contributed by atoms with E-state index in [-0.39, 0.29) is 24.0 Å². The number of aromatic nitrogens is 8. The SMILES string of the molecule is CCC(=O)NC(CCC(=O)NCC(=O)N[C@@H](CNC(=O)c1ccc2c(cnn2CCCNc2ncc[nH]2)c1)C(=O)O)C(=O)NCC(=O)N[C@@H](CNC(=O)c1ccc2c(cnn2CCCNc2ncc[nH]2)c1)C(=O)O. The number of anilines is 2. The Morgan fingerprint density at radius 1 is 0.595 bits per heavy atom. The summed E-state index contributed by atoms with van der Waals surface area (Å²) in [6, 6.07) is 5.27. The fourth-order valence-corrected chi connectivity index (χ4v) is 7.29. The van der Waals surface area contributed by atoms with E-state index in [1.54, 1.807) is 82.9 Å². The van der Waals surface area contributed by atoms with Gasteiger partial charge in [-0.25, -0.2) is 19.6 Å². The normalized spacial score (nSPS) is 12.2. The van der Waals surface area contributed by atoms with Crippen molar-refractivity contribution in [1.29, 1.82) is 0 Å². The van der Waals surface area contributed by atoms with Crippen LogP contribution in [0.2, 0.25) is 0 Å². The molecule has 0 bridgehead atoms. The molecule has 28 heteroatoms. The number of amides is 7. The molecule has 1 unspecified atom stereocenters. The van der Waals surface area contributed by atoms with Gasteiger partial charge in [-0.15, -0.1) is 0 Å². The monoisotopic (exact) mass is 1020 g/mol. The Bertz CT molecular complexity index is 2920. The minimum Gasteiger partial charge on any atom is -0.480 e. The van der Waals surface area contributed by atoms with E-state index >= 15 is 0 Å². The molecule has 0 fully saturated rings. The summed E-state index contributed by atoms with van der Waals surface area (Å²) in [5.41, 5.74) is 2.02. The summed E-state index contributed by atoms with van der Waals surface area (Å²) >= 11 is 0. The van der Waals surface area contributed by atoms with Crippen molar-refractivity contribution < 1.29 is 53.4 Å². The predicted molar refractivity (Wildman–Crippen MR) is 264 cm³/mol. The number of carboxylic acid groups (broad SMARTS) is 2. The molecular formula is C46H57N17O11. The molecule has 0 spiro atoms. The fourth-order valence-electron chi connectivity index (χ4n) is 7.29. The van der Waals surface area contributed by atoms with Crippen LogP contribution in [0.4, 0.5) is 11.9 Å². The molecule has 6 rings (SSSR count). The van der Waals surface area contributed by atoms with Gasteiger partial charge < -0.3 is 68.0 Å². The number of aliphatic carboxylic acids is 2.